The standard InChI is InChI=1S/C13H16N2O/c14-8-10-3-1-4-11(7-10)9-16-13-6-2-5-12(13)15/h1,3-4,7,12-13H,2,5-6,9,15H2. The molecule has 0 aliphatic heterocycles. The van der Waals surface area contributed by atoms with Crippen LogP contribution in [0.3, 0.4) is 0 Å². The lowest BCUT2D eigenvalue weighted by Gasteiger charge is -2.16. The minimum Gasteiger partial charge on any atom is -0.372 e. The second kappa shape index (κ2) is 5.11. The number of rotatable bonds is 3. The van der Waals surface area contributed by atoms with Crippen LogP contribution in [0.5, 0.6) is 0 Å². The van der Waals surface area contributed by atoms with E-state index >= 15 is 0 Å². The molecule has 0 bridgehead atoms. The highest BCUT2D eigenvalue weighted by atomic mass is 16.5. The Kier molecular flexibility index (Phi) is 3.55. The molecule has 3 heteroatoms. The minimum atomic E-state index is 0.180. The van der Waals surface area contributed by atoms with E-state index in [9.17, 15) is 0 Å². The first-order chi connectivity index (χ1) is 7.79. The molecule has 2 unspecified atom stereocenters. The Morgan fingerprint density at radius 1 is 1.44 bits per heavy atom. The molecule has 0 amide bonds. The number of hydrogen-bond donors (Lipinski definition) is 1. The summed E-state index contributed by atoms with van der Waals surface area (Å²) in [4.78, 5) is 0. The van der Waals surface area contributed by atoms with Crippen molar-refractivity contribution in [2.45, 2.75) is 38.0 Å². The predicted octanol–water partition coefficient (Wildman–Crippen LogP) is 1.95. The van der Waals surface area contributed by atoms with E-state index in [0.717, 1.165) is 24.8 Å². The summed E-state index contributed by atoms with van der Waals surface area (Å²) in [6, 6.07) is 9.82. The second-order valence-electron chi connectivity index (χ2n) is 4.26. The van der Waals surface area contributed by atoms with Crippen molar-refractivity contribution in [3.8, 4) is 6.07 Å². The molecule has 3 nitrogen and oxygen atoms in total. The lowest BCUT2D eigenvalue weighted by molar-refractivity contribution is 0.0357. The van der Waals surface area contributed by atoms with Crippen LogP contribution >= 0.6 is 0 Å². The van der Waals surface area contributed by atoms with Gasteiger partial charge < -0.3 is 10.5 Å². The van der Waals surface area contributed by atoms with E-state index in [1.54, 1.807) is 6.07 Å². The number of benzene rings is 1. The molecule has 0 radical (unpaired) electrons. The highest BCUT2D eigenvalue weighted by Crippen LogP contribution is 2.21. The summed E-state index contributed by atoms with van der Waals surface area (Å²) in [5, 5.41) is 8.77. The van der Waals surface area contributed by atoms with Crippen LogP contribution in [0.1, 0.15) is 30.4 Å². The smallest absolute Gasteiger partial charge is 0.0991 e. The van der Waals surface area contributed by atoms with Crippen molar-refractivity contribution in [1.82, 2.24) is 0 Å². The number of nitrogens with zero attached hydrogens (tertiary/aromatic N) is 1. The van der Waals surface area contributed by atoms with E-state index < -0.39 is 0 Å². The SMILES string of the molecule is N#Cc1cccc(COC2CCCC2N)c1. The summed E-state index contributed by atoms with van der Waals surface area (Å²) in [5.74, 6) is 0. The molecule has 2 N–H and O–H groups in total. The zero-order chi connectivity index (χ0) is 11.4. The molecule has 0 heterocycles. The topological polar surface area (TPSA) is 59.0 Å². The molecule has 1 aromatic carbocycles. The van der Waals surface area contributed by atoms with Crippen molar-refractivity contribution < 1.29 is 4.74 Å². The van der Waals surface area contributed by atoms with E-state index in [4.69, 9.17) is 15.7 Å². The molecule has 0 saturated heterocycles. The first-order valence-electron chi connectivity index (χ1n) is 5.66. The van der Waals surface area contributed by atoms with Gasteiger partial charge in [-0.3, -0.25) is 0 Å². The van der Waals surface area contributed by atoms with Gasteiger partial charge in [0.05, 0.1) is 24.3 Å². The summed E-state index contributed by atoms with van der Waals surface area (Å²) in [6.45, 7) is 0.549. The van der Waals surface area contributed by atoms with Gasteiger partial charge in [0.15, 0.2) is 0 Å². The summed E-state index contributed by atoms with van der Waals surface area (Å²) in [6.07, 6.45) is 3.46. The third-order valence-corrected chi connectivity index (χ3v) is 3.02. The van der Waals surface area contributed by atoms with Gasteiger partial charge in [-0.15, -0.1) is 0 Å². The van der Waals surface area contributed by atoms with Crippen molar-refractivity contribution in [2.75, 3.05) is 0 Å². The number of nitriles is 1. The summed E-state index contributed by atoms with van der Waals surface area (Å²) in [5.41, 5.74) is 7.64. The molecule has 16 heavy (non-hydrogen) atoms. The molecular weight excluding hydrogens is 200 g/mol. The Labute approximate surface area is 95.8 Å². The average molecular weight is 216 g/mol. The van der Waals surface area contributed by atoms with E-state index in [1.165, 1.54) is 0 Å². The van der Waals surface area contributed by atoms with Crippen LogP contribution in [0.15, 0.2) is 24.3 Å². The van der Waals surface area contributed by atoms with Gasteiger partial charge in [-0.05, 0) is 37.0 Å². The van der Waals surface area contributed by atoms with Gasteiger partial charge in [-0.2, -0.15) is 5.26 Å². The zero-order valence-electron chi connectivity index (χ0n) is 9.23. The van der Waals surface area contributed by atoms with Crippen LogP contribution in [0.25, 0.3) is 0 Å². The quantitative estimate of drug-likeness (QED) is 0.840. The van der Waals surface area contributed by atoms with Crippen molar-refractivity contribution in [3.63, 3.8) is 0 Å². The lowest BCUT2D eigenvalue weighted by Crippen LogP contribution is -2.31. The average Bonchev–Trinajstić information content (AvgIpc) is 2.72. The summed E-state index contributed by atoms with van der Waals surface area (Å²) >= 11 is 0. The van der Waals surface area contributed by atoms with Gasteiger partial charge in [0.1, 0.15) is 0 Å². The molecule has 1 aliphatic rings. The molecule has 1 aromatic rings. The Morgan fingerprint density at radius 2 is 2.31 bits per heavy atom. The first-order valence-corrected chi connectivity index (χ1v) is 5.66. The Hall–Kier alpha value is -1.37. The molecule has 1 aliphatic carbocycles. The van der Waals surface area contributed by atoms with Crippen molar-refractivity contribution >= 4 is 0 Å². The lowest BCUT2D eigenvalue weighted by atomic mass is 10.1. The third kappa shape index (κ3) is 2.60. The minimum absolute atomic E-state index is 0.180. The Bertz CT molecular complexity index is 397. The van der Waals surface area contributed by atoms with Crippen molar-refractivity contribution in [2.24, 2.45) is 5.73 Å². The van der Waals surface area contributed by atoms with E-state index in [-0.39, 0.29) is 12.1 Å². The van der Waals surface area contributed by atoms with Crippen molar-refractivity contribution in [3.05, 3.63) is 35.4 Å². The zero-order valence-corrected chi connectivity index (χ0v) is 9.23. The first kappa shape index (κ1) is 11.1. The molecule has 2 rings (SSSR count). The van der Waals surface area contributed by atoms with Crippen LogP contribution in [0.4, 0.5) is 0 Å². The molecule has 0 aromatic heterocycles. The molecule has 1 saturated carbocycles. The van der Waals surface area contributed by atoms with Crippen LogP contribution in [0, 0.1) is 11.3 Å². The third-order valence-electron chi connectivity index (χ3n) is 3.02. The monoisotopic (exact) mass is 216 g/mol. The maximum Gasteiger partial charge on any atom is 0.0991 e. The summed E-state index contributed by atoms with van der Waals surface area (Å²) in [7, 11) is 0. The fourth-order valence-electron chi connectivity index (χ4n) is 2.10. The molecule has 0 spiro atoms. The highest BCUT2D eigenvalue weighted by molar-refractivity contribution is 5.32. The van der Waals surface area contributed by atoms with Gasteiger partial charge in [-0.25, -0.2) is 0 Å². The Balaban J connectivity index is 1.92. The van der Waals surface area contributed by atoms with Crippen LogP contribution in [-0.4, -0.2) is 12.1 Å². The van der Waals surface area contributed by atoms with Gasteiger partial charge in [0.25, 0.3) is 0 Å². The molecule has 2 atom stereocenters. The van der Waals surface area contributed by atoms with E-state index in [0.29, 0.717) is 12.2 Å². The molecular formula is C13H16N2O. The van der Waals surface area contributed by atoms with Crippen LogP contribution in [0.2, 0.25) is 0 Å². The molecule has 84 valence electrons. The van der Waals surface area contributed by atoms with Gasteiger partial charge in [-0.1, -0.05) is 12.1 Å². The number of ether oxygens (including phenoxy) is 1. The maximum atomic E-state index is 8.77. The van der Waals surface area contributed by atoms with Crippen LogP contribution < -0.4 is 5.73 Å². The highest BCUT2D eigenvalue weighted by Gasteiger charge is 2.24. The van der Waals surface area contributed by atoms with Gasteiger partial charge in [0, 0.05) is 6.04 Å². The predicted molar refractivity (Wildman–Crippen MR) is 61.6 cm³/mol. The fraction of sp³-hybridized carbons (Fsp3) is 0.462. The van der Waals surface area contributed by atoms with Crippen LogP contribution in [-0.2, 0) is 11.3 Å². The molecule has 1 fully saturated rings. The maximum absolute atomic E-state index is 8.77. The van der Waals surface area contributed by atoms with E-state index in [1.807, 2.05) is 18.2 Å². The number of nitrogens with two attached hydrogens (primary N) is 1. The van der Waals surface area contributed by atoms with E-state index in [2.05, 4.69) is 6.07 Å². The second-order valence-corrected chi connectivity index (χ2v) is 4.26. The van der Waals surface area contributed by atoms with Gasteiger partial charge >= 0.3 is 0 Å². The normalized spacial score (nSPS) is 24.2. The largest absolute Gasteiger partial charge is 0.372 e. The van der Waals surface area contributed by atoms with Gasteiger partial charge in [0.2, 0.25) is 0 Å². The number of hydrogen-bond acceptors (Lipinski definition) is 3. The van der Waals surface area contributed by atoms with Crippen molar-refractivity contribution in [1.29, 1.82) is 5.26 Å². The Morgan fingerprint density at radius 3 is 3.00 bits per heavy atom. The fourth-order valence-corrected chi connectivity index (χ4v) is 2.10. The summed E-state index contributed by atoms with van der Waals surface area (Å²) < 4.78 is 5.77.